The number of hydrogen-bond donors (Lipinski definition) is 1. The van der Waals surface area contributed by atoms with Crippen LogP contribution in [0.2, 0.25) is 0 Å². The van der Waals surface area contributed by atoms with Gasteiger partial charge >= 0.3 is 6.18 Å². The van der Waals surface area contributed by atoms with Gasteiger partial charge in [0.15, 0.2) is 0 Å². The molecule has 1 unspecified atom stereocenters. The minimum atomic E-state index is -4.36. The predicted octanol–water partition coefficient (Wildman–Crippen LogP) is 1.94. The Morgan fingerprint density at radius 2 is 1.88 bits per heavy atom. The number of nitrogens with one attached hydrogen (secondary N) is 1. The molecule has 0 saturated carbocycles. The molecule has 0 amide bonds. The minimum absolute atomic E-state index is 0.238. The van der Waals surface area contributed by atoms with Crippen LogP contribution in [0.5, 0.6) is 0 Å². The van der Waals surface area contributed by atoms with Crippen LogP contribution in [-0.4, -0.2) is 25.9 Å². The third kappa shape index (κ3) is 7.18. The zero-order chi connectivity index (χ0) is 13.7. The highest BCUT2D eigenvalue weighted by molar-refractivity contribution is 7.89. The fraction of sp³-hybridized carbons (Fsp3) is 0.889. The zero-order valence-electron chi connectivity index (χ0n) is 9.63. The number of rotatable bonds is 6. The quantitative estimate of drug-likeness (QED) is 0.803. The third-order valence-electron chi connectivity index (χ3n) is 2.21. The smallest absolute Gasteiger partial charge is 0.212 e. The van der Waals surface area contributed by atoms with Gasteiger partial charge in [0, 0.05) is 6.42 Å². The van der Waals surface area contributed by atoms with Crippen molar-refractivity contribution in [2.24, 2.45) is 0 Å². The van der Waals surface area contributed by atoms with Gasteiger partial charge in [-0.25, -0.2) is 8.42 Å². The number of sulfonamides is 1. The standard InChI is InChI=1S/C9H15F3N2O2S/c1-3-8(2,7-13)14-17(15,16)6-4-5-9(10,11)12/h14H,3-6H2,1-2H3. The van der Waals surface area contributed by atoms with Gasteiger partial charge in [-0.3, -0.25) is 0 Å². The van der Waals surface area contributed by atoms with Crippen molar-refractivity contribution < 1.29 is 21.6 Å². The molecule has 0 aliphatic rings. The van der Waals surface area contributed by atoms with Crippen molar-refractivity contribution in [1.29, 1.82) is 5.26 Å². The van der Waals surface area contributed by atoms with E-state index in [1.54, 1.807) is 13.0 Å². The largest absolute Gasteiger partial charge is 0.389 e. The van der Waals surface area contributed by atoms with Gasteiger partial charge in [0.1, 0.15) is 5.54 Å². The van der Waals surface area contributed by atoms with Gasteiger partial charge in [-0.15, -0.1) is 0 Å². The number of nitrogens with zero attached hydrogens (tertiary/aromatic N) is 1. The Morgan fingerprint density at radius 1 is 1.35 bits per heavy atom. The van der Waals surface area contributed by atoms with E-state index < -0.39 is 40.3 Å². The molecule has 0 aromatic carbocycles. The molecule has 4 nitrogen and oxygen atoms in total. The molecule has 0 bridgehead atoms. The van der Waals surface area contributed by atoms with Gasteiger partial charge in [0.05, 0.1) is 11.8 Å². The molecule has 0 rings (SSSR count). The lowest BCUT2D eigenvalue weighted by Gasteiger charge is -2.21. The Hall–Kier alpha value is -0.810. The summed E-state index contributed by atoms with van der Waals surface area (Å²) in [6.07, 6.45) is -5.78. The highest BCUT2D eigenvalue weighted by atomic mass is 32.2. The van der Waals surface area contributed by atoms with Crippen molar-refractivity contribution in [3.05, 3.63) is 0 Å². The summed E-state index contributed by atoms with van der Waals surface area (Å²) in [5.74, 6) is -0.635. The molecule has 0 aromatic heterocycles. The van der Waals surface area contributed by atoms with Gasteiger partial charge in [-0.05, 0) is 19.8 Å². The lowest BCUT2D eigenvalue weighted by atomic mass is 10.0. The van der Waals surface area contributed by atoms with Crippen molar-refractivity contribution in [1.82, 2.24) is 4.72 Å². The molecule has 1 N–H and O–H groups in total. The SMILES string of the molecule is CCC(C)(C#N)NS(=O)(=O)CCCC(F)(F)F. The second-order valence-corrected chi connectivity index (χ2v) is 5.78. The Labute approximate surface area is 98.9 Å². The average Bonchev–Trinajstić information content (AvgIpc) is 2.14. The van der Waals surface area contributed by atoms with Crippen molar-refractivity contribution in [2.75, 3.05) is 5.75 Å². The highest BCUT2D eigenvalue weighted by Gasteiger charge is 2.30. The zero-order valence-corrected chi connectivity index (χ0v) is 10.5. The fourth-order valence-corrected chi connectivity index (χ4v) is 2.53. The fourth-order valence-electron chi connectivity index (χ4n) is 1.03. The summed E-state index contributed by atoms with van der Waals surface area (Å²) < 4.78 is 60.4. The number of halogens is 3. The molecular formula is C9H15F3N2O2S. The van der Waals surface area contributed by atoms with Crippen LogP contribution in [0.25, 0.3) is 0 Å². The predicted molar refractivity (Wildman–Crippen MR) is 56.5 cm³/mol. The summed E-state index contributed by atoms with van der Waals surface area (Å²) in [6, 6.07) is 1.78. The van der Waals surface area contributed by atoms with Gasteiger partial charge in [0.25, 0.3) is 0 Å². The van der Waals surface area contributed by atoms with Crippen LogP contribution in [0.4, 0.5) is 13.2 Å². The van der Waals surface area contributed by atoms with E-state index in [9.17, 15) is 21.6 Å². The minimum Gasteiger partial charge on any atom is -0.212 e. The number of alkyl halides is 3. The summed E-state index contributed by atoms with van der Waals surface area (Å²) in [5, 5.41) is 8.75. The maximum absolute atomic E-state index is 11.8. The van der Waals surface area contributed by atoms with E-state index in [0.717, 1.165) is 0 Å². The summed E-state index contributed by atoms with van der Waals surface area (Å²) in [6.45, 7) is 3.00. The van der Waals surface area contributed by atoms with Crippen LogP contribution in [0.1, 0.15) is 33.1 Å². The second-order valence-electron chi connectivity index (χ2n) is 3.94. The summed E-state index contributed by atoms with van der Waals surface area (Å²) in [5.41, 5.74) is -1.27. The van der Waals surface area contributed by atoms with E-state index in [1.807, 2.05) is 0 Å². The van der Waals surface area contributed by atoms with E-state index in [-0.39, 0.29) is 6.42 Å². The molecule has 0 heterocycles. The lowest BCUT2D eigenvalue weighted by molar-refractivity contribution is -0.134. The topological polar surface area (TPSA) is 70.0 Å². The molecule has 0 fully saturated rings. The van der Waals surface area contributed by atoms with Crippen molar-refractivity contribution in [2.45, 2.75) is 44.8 Å². The van der Waals surface area contributed by atoms with Crippen LogP contribution >= 0.6 is 0 Å². The van der Waals surface area contributed by atoms with E-state index in [0.29, 0.717) is 0 Å². The molecule has 0 radical (unpaired) electrons. The summed E-state index contributed by atoms with van der Waals surface area (Å²) in [4.78, 5) is 0. The molecule has 17 heavy (non-hydrogen) atoms. The average molecular weight is 272 g/mol. The van der Waals surface area contributed by atoms with E-state index >= 15 is 0 Å². The van der Waals surface area contributed by atoms with Gasteiger partial charge in [0.2, 0.25) is 10.0 Å². The molecule has 0 saturated heterocycles. The first-order valence-electron chi connectivity index (χ1n) is 5.03. The Morgan fingerprint density at radius 3 is 2.24 bits per heavy atom. The van der Waals surface area contributed by atoms with Gasteiger partial charge in [-0.1, -0.05) is 6.92 Å². The second kappa shape index (κ2) is 5.69. The van der Waals surface area contributed by atoms with Crippen molar-refractivity contribution in [3.8, 4) is 6.07 Å². The monoisotopic (exact) mass is 272 g/mol. The normalized spacial score (nSPS) is 16.2. The molecule has 100 valence electrons. The van der Waals surface area contributed by atoms with E-state index in [4.69, 9.17) is 5.26 Å². The van der Waals surface area contributed by atoms with E-state index in [1.165, 1.54) is 6.92 Å². The number of hydrogen-bond acceptors (Lipinski definition) is 3. The van der Waals surface area contributed by atoms with Gasteiger partial charge < -0.3 is 0 Å². The maximum atomic E-state index is 11.8. The van der Waals surface area contributed by atoms with Crippen LogP contribution in [0.3, 0.4) is 0 Å². The Kier molecular flexibility index (Phi) is 5.42. The molecule has 0 aliphatic heterocycles. The molecule has 0 spiro atoms. The highest BCUT2D eigenvalue weighted by Crippen LogP contribution is 2.21. The van der Waals surface area contributed by atoms with Crippen LogP contribution < -0.4 is 4.72 Å². The molecule has 0 aromatic rings. The summed E-state index contributed by atoms with van der Waals surface area (Å²) in [7, 11) is -3.86. The van der Waals surface area contributed by atoms with Crippen LogP contribution in [0, 0.1) is 11.3 Å². The lowest BCUT2D eigenvalue weighted by Crippen LogP contribution is -2.45. The Bertz CT molecular complexity index is 386. The van der Waals surface area contributed by atoms with Crippen LogP contribution in [-0.2, 0) is 10.0 Å². The molecule has 1 atom stereocenters. The van der Waals surface area contributed by atoms with Crippen molar-refractivity contribution >= 4 is 10.0 Å². The Balaban J connectivity index is 4.38. The maximum Gasteiger partial charge on any atom is 0.389 e. The number of nitriles is 1. The van der Waals surface area contributed by atoms with Gasteiger partial charge in [-0.2, -0.15) is 23.2 Å². The van der Waals surface area contributed by atoms with E-state index in [2.05, 4.69) is 4.72 Å². The molecular weight excluding hydrogens is 257 g/mol. The first kappa shape index (κ1) is 16.2. The first-order chi connectivity index (χ1) is 7.54. The molecule has 0 aliphatic carbocycles. The first-order valence-corrected chi connectivity index (χ1v) is 6.68. The molecule has 8 heteroatoms. The summed E-state index contributed by atoms with van der Waals surface area (Å²) >= 11 is 0. The third-order valence-corrected chi connectivity index (χ3v) is 3.80. The van der Waals surface area contributed by atoms with Crippen molar-refractivity contribution in [3.63, 3.8) is 0 Å². The van der Waals surface area contributed by atoms with Crippen LogP contribution in [0.15, 0.2) is 0 Å².